The summed E-state index contributed by atoms with van der Waals surface area (Å²) in [5.41, 5.74) is 3.69. The summed E-state index contributed by atoms with van der Waals surface area (Å²) in [5.74, 6) is -1.19. The molecule has 0 unspecified atom stereocenters. The average Bonchev–Trinajstić information content (AvgIpc) is 3.19. The van der Waals surface area contributed by atoms with Crippen molar-refractivity contribution in [3.63, 3.8) is 0 Å². The van der Waals surface area contributed by atoms with Crippen LogP contribution in [0.15, 0.2) is 173 Å². The maximum atomic E-state index is 14.3. The minimum atomic E-state index is -0.719. The van der Waals surface area contributed by atoms with E-state index >= 15 is 0 Å². The summed E-state index contributed by atoms with van der Waals surface area (Å²) in [6.45, 7) is 5.81. The van der Waals surface area contributed by atoms with E-state index in [0.29, 0.717) is 17.0 Å². The number of thioether (sulfide) groups is 1. The highest BCUT2D eigenvalue weighted by molar-refractivity contribution is 9.10. The molecule has 53 heavy (non-hydrogen) atoms. The van der Waals surface area contributed by atoms with Gasteiger partial charge in [0.2, 0.25) is 5.91 Å². The van der Waals surface area contributed by atoms with Crippen LogP contribution in [0.3, 0.4) is 0 Å². The van der Waals surface area contributed by atoms with Gasteiger partial charge in [-0.05, 0) is 64.7 Å². The number of nitrogens with one attached hydrogen (secondary N) is 1. The SMILES string of the molecule is C=C/C=C\C(=C/C)N1C(=O)/C(=C/c2cc(Br)ccc2OCc2cccc3ccccc23)C(=O)N=C1SCC(=O)NC(c1ccccc1)c1ccccc1. The summed E-state index contributed by atoms with van der Waals surface area (Å²) in [4.78, 5) is 47.2. The standard InChI is InChI=1S/C44H36BrN3O4S/c1-3-5-22-36(4-2)48-43(51)38(27-34-26-35(45)24-25-39(34)52-28-33-21-14-20-30-15-12-13-23-37(30)33)42(50)47-44(48)53-29-40(49)46-41(31-16-8-6-9-17-31)32-18-10-7-11-19-32/h3-27,41H,1,28-29H2,2H3,(H,46,49)/b22-5-,36-4+,38-27+. The Morgan fingerprint density at radius 1 is 0.925 bits per heavy atom. The highest BCUT2D eigenvalue weighted by Gasteiger charge is 2.35. The molecule has 7 nitrogen and oxygen atoms in total. The summed E-state index contributed by atoms with van der Waals surface area (Å²) in [6, 6.07) is 38.5. The number of carbonyl (C=O) groups is 3. The lowest BCUT2D eigenvalue weighted by Gasteiger charge is -2.28. The van der Waals surface area contributed by atoms with E-state index in [-0.39, 0.29) is 29.0 Å². The van der Waals surface area contributed by atoms with E-state index in [1.807, 2.05) is 97.1 Å². The second-order valence-corrected chi connectivity index (χ2v) is 13.8. The second-order valence-electron chi connectivity index (χ2n) is 11.9. The third-order valence-corrected chi connectivity index (χ3v) is 9.88. The monoisotopic (exact) mass is 781 g/mol. The first-order valence-corrected chi connectivity index (χ1v) is 18.7. The molecule has 0 saturated heterocycles. The number of rotatable bonds is 12. The average molecular weight is 783 g/mol. The van der Waals surface area contributed by atoms with Crippen molar-refractivity contribution >= 4 is 67.4 Å². The largest absolute Gasteiger partial charge is 0.488 e. The molecule has 0 saturated carbocycles. The number of allylic oxidation sites excluding steroid dienone is 4. The highest BCUT2D eigenvalue weighted by Crippen LogP contribution is 2.31. The summed E-state index contributed by atoms with van der Waals surface area (Å²) >= 11 is 4.54. The van der Waals surface area contributed by atoms with Crippen molar-refractivity contribution in [2.45, 2.75) is 19.6 Å². The predicted octanol–water partition coefficient (Wildman–Crippen LogP) is 9.57. The van der Waals surface area contributed by atoms with Gasteiger partial charge in [-0.3, -0.25) is 19.3 Å². The number of aliphatic imine (C=N–C) groups is 1. The first-order valence-electron chi connectivity index (χ1n) is 16.9. The molecule has 0 aliphatic carbocycles. The second kappa shape index (κ2) is 17.6. The highest BCUT2D eigenvalue weighted by atomic mass is 79.9. The smallest absolute Gasteiger partial charge is 0.285 e. The molecule has 0 fully saturated rings. The van der Waals surface area contributed by atoms with E-state index in [9.17, 15) is 14.4 Å². The molecule has 0 aromatic heterocycles. The number of hydrogen-bond donors (Lipinski definition) is 1. The maximum absolute atomic E-state index is 14.3. The van der Waals surface area contributed by atoms with Gasteiger partial charge in [0.25, 0.3) is 11.8 Å². The molecular formula is C44H36BrN3O4S. The number of ether oxygens (including phenoxy) is 1. The van der Waals surface area contributed by atoms with Gasteiger partial charge in [-0.15, -0.1) is 0 Å². The van der Waals surface area contributed by atoms with Crippen molar-refractivity contribution in [3.05, 3.63) is 190 Å². The molecule has 0 bridgehead atoms. The Morgan fingerprint density at radius 2 is 1.60 bits per heavy atom. The molecule has 1 N–H and O–H groups in total. The van der Waals surface area contributed by atoms with Crippen LogP contribution >= 0.6 is 27.7 Å². The molecule has 5 aromatic carbocycles. The molecule has 6 rings (SSSR count). The van der Waals surface area contributed by atoms with Crippen molar-refractivity contribution in [1.82, 2.24) is 10.2 Å². The van der Waals surface area contributed by atoms with Crippen LogP contribution in [-0.4, -0.2) is 33.5 Å². The normalized spacial score (nSPS) is 14.2. The molecule has 1 aliphatic rings. The molecule has 264 valence electrons. The van der Waals surface area contributed by atoms with Crippen LogP contribution in [0, 0.1) is 0 Å². The number of hydrogen-bond acceptors (Lipinski definition) is 5. The summed E-state index contributed by atoms with van der Waals surface area (Å²) in [6.07, 6.45) is 8.22. The van der Waals surface area contributed by atoms with E-state index < -0.39 is 17.9 Å². The number of benzene rings is 5. The number of nitrogens with zero attached hydrogens (tertiary/aromatic N) is 2. The van der Waals surface area contributed by atoms with Crippen LogP contribution in [0.2, 0.25) is 0 Å². The van der Waals surface area contributed by atoms with Gasteiger partial charge in [0.05, 0.1) is 11.8 Å². The van der Waals surface area contributed by atoms with E-state index in [2.05, 4.69) is 45.0 Å². The quantitative estimate of drug-likeness (QED) is 0.0774. The van der Waals surface area contributed by atoms with E-state index in [4.69, 9.17) is 4.74 Å². The van der Waals surface area contributed by atoms with Crippen molar-refractivity contribution in [2.24, 2.45) is 4.99 Å². The van der Waals surface area contributed by atoms with Crippen LogP contribution < -0.4 is 10.1 Å². The Labute approximate surface area is 321 Å². The van der Waals surface area contributed by atoms with Gasteiger partial charge in [0, 0.05) is 15.7 Å². The Morgan fingerprint density at radius 3 is 2.30 bits per heavy atom. The third kappa shape index (κ3) is 9.00. The Kier molecular flexibility index (Phi) is 12.3. The molecule has 5 aromatic rings. The van der Waals surface area contributed by atoms with E-state index in [0.717, 1.165) is 43.7 Å². The Hall–Kier alpha value is -5.77. The lowest BCUT2D eigenvalue weighted by molar-refractivity contribution is -0.126. The first-order chi connectivity index (χ1) is 25.9. The van der Waals surface area contributed by atoms with Crippen LogP contribution in [0.25, 0.3) is 16.8 Å². The lowest BCUT2D eigenvalue weighted by atomic mass is 9.99. The van der Waals surface area contributed by atoms with Crippen molar-refractivity contribution in [2.75, 3.05) is 5.75 Å². The number of halogens is 1. The number of carbonyl (C=O) groups excluding carboxylic acids is 3. The van der Waals surface area contributed by atoms with Crippen LogP contribution in [0.1, 0.15) is 35.2 Å². The zero-order chi connectivity index (χ0) is 37.2. The number of amidine groups is 1. The van der Waals surface area contributed by atoms with E-state index in [1.54, 1.807) is 43.4 Å². The zero-order valence-corrected chi connectivity index (χ0v) is 31.3. The van der Waals surface area contributed by atoms with Crippen LogP contribution in [-0.2, 0) is 21.0 Å². The van der Waals surface area contributed by atoms with E-state index in [1.165, 1.54) is 11.0 Å². The topological polar surface area (TPSA) is 88.1 Å². The zero-order valence-electron chi connectivity index (χ0n) is 28.9. The van der Waals surface area contributed by atoms with Gasteiger partial charge in [0.15, 0.2) is 5.17 Å². The number of amides is 3. The lowest BCUT2D eigenvalue weighted by Crippen LogP contribution is -2.42. The fourth-order valence-electron chi connectivity index (χ4n) is 5.89. The van der Waals surface area contributed by atoms with Gasteiger partial charge >= 0.3 is 0 Å². The fraction of sp³-hybridized carbons (Fsp3) is 0.0909. The first kappa shape index (κ1) is 37.0. The Balaban J connectivity index is 1.28. The molecule has 1 aliphatic heterocycles. The van der Waals surface area contributed by atoms with Gasteiger partial charge in [0.1, 0.15) is 17.9 Å². The minimum absolute atomic E-state index is 0.0896. The molecular weight excluding hydrogens is 746 g/mol. The van der Waals surface area contributed by atoms with Gasteiger partial charge in [-0.25, -0.2) is 0 Å². The van der Waals surface area contributed by atoms with Crippen LogP contribution in [0.5, 0.6) is 5.75 Å². The van der Waals surface area contributed by atoms with Gasteiger partial charge < -0.3 is 10.1 Å². The fourth-order valence-corrected chi connectivity index (χ4v) is 7.07. The summed E-state index contributed by atoms with van der Waals surface area (Å²) in [7, 11) is 0. The van der Waals surface area contributed by atoms with Gasteiger partial charge in [-0.2, -0.15) is 4.99 Å². The molecule has 1 heterocycles. The molecule has 0 spiro atoms. The van der Waals surface area contributed by atoms with Crippen LogP contribution in [0.4, 0.5) is 0 Å². The minimum Gasteiger partial charge on any atom is -0.488 e. The van der Waals surface area contributed by atoms with Crippen molar-refractivity contribution in [1.29, 1.82) is 0 Å². The van der Waals surface area contributed by atoms with Gasteiger partial charge in [-0.1, -0.05) is 156 Å². The predicted molar refractivity (Wildman–Crippen MR) is 218 cm³/mol. The molecule has 0 radical (unpaired) electrons. The Bertz CT molecular complexity index is 2240. The summed E-state index contributed by atoms with van der Waals surface area (Å²) < 4.78 is 7.05. The molecule has 9 heteroatoms. The molecule has 0 atom stereocenters. The summed E-state index contributed by atoms with van der Waals surface area (Å²) in [5, 5.41) is 5.39. The molecule has 3 amide bonds. The van der Waals surface area contributed by atoms with Crippen molar-refractivity contribution in [3.8, 4) is 5.75 Å². The maximum Gasteiger partial charge on any atom is 0.285 e. The number of fused-ring (bicyclic) bond motifs is 1. The third-order valence-electron chi connectivity index (χ3n) is 8.45. The van der Waals surface area contributed by atoms with Crippen molar-refractivity contribution < 1.29 is 19.1 Å².